The van der Waals surface area contributed by atoms with Gasteiger partial charge in [-0.3, -0.25) is 4.98 Å². The van der Waals surface area contributed by atoms with Gasteiger partial charge in [0.25, 0.3) is 0 Å². The topological polar surface area (TPSA) is 60.5 Å². The van der Waals surface area contributed by atoms with E-state index >= 15 is 0 Å². The fourth-order valence-electron chi connectivity index (χ4n) is 3.68. The maximum absolute atomic E-state index is 14.7. The van der Waals surface area contributed by atoms with E-state index in [0.717, 1.165) is 22.2 Å². The fraction of sp³-hybridized carbons (Fsp3) is 0.0357. The minimum atomic E-state index is -3.87. The summed E-state index contributed by atoms with van der Waals surface area (Å²) >= 11 is 0. The quantitative estimate of drug-likeness (QED) is 0.238. The van der Waals surface area contributed by atoms with E-state index < -0.39 is 13.4 Å². The summed E-state index contributed by atoms with van der Waals surface area (Å²) < 4.78 is 27.0. The predicted molar refractivity (Wildman–Crippen MR) is 136 cm³/mol. The number of rotatable bonds is 8. The highest BCUT2D eigenvalue weighted by atomic mass is 31.2. The number of anilines is 1. The molecule has 5 aromatic rings. The third kappa shape index (κ3) is 4.95. The van der Waals surface area contributed by atoms with Gasteiger partial charge in [0.1, 0.15) is 11.5 Å². The van der Waals surface area contributed by atoms with Gasteiger partial charge in [-0.1, -0.05) is 66.7 Å². The van der Waals surface area contributed by atoms with Crippen molar-refractivity contribution in [3.8, 4) is 11.5 Å². The Labute approximate surface area is 198 Å². The van der Waals surface area contributed by atoms with Crippen LogP contribution >= 0.6 is 7.60 Å². The van der Waals surface area contributed by atoms with Crippen LogP contribution in [0.1, 0.15) is 11.3 Å². The van der Waals surface area contributed by atoms with Crippen LogP contribution in [-0.4, -0.2) is 4.98 Å². The summed E-state index contributed by atoms with van der Waals surface area (Å²) in [5.74, 6) is 0.132. The average molecular weight is 466 g/mol. The zero-order valence-corrected chi connectivity index (χ0v) is 19.2. The minimum absolute atomic E-state index is 0.462. The van der Waals surface area contributed by atoms with Crippen LogP contribution in [0.15, 0.2) is 128 Å². The second-order valence-electron chi connectivity index (χ2n) is 7.72. The predicted octanol–water partition coefficient (Wildman–Crippen LogP) is 7.70. The average Bonchev–Trinajstić information content (AvgIpc) is 2.89. The third-order valence-electron chi connectivity index (χ3n) is 5.29. The molecular weight excluding hydrogens is 443 g/mol. The van der Waals surface area contributed by atoms with Crippen molar-refractivity contribution in [3.63, 3.8) is 0 Å². The third-order valence-corrected chi connectivity index (χ3v) is 7.28. The molecule has 0 aliphatic rings. The number of nitrogens with zero attached hydrogens (tertiary/aromatic N) is 1. The molecule has 0 aliphatic carbocycles. The normalized spacial score (nSPS) is 12.1. The van der Waals surface area contributed by atoms with E-state index in [2.05, 4.69) is 10.3 Å². The molecule has 1 N–H and O–H groups in total. The Morgan fingerprint density at radius 1 is 0.676 bits per heavy atom. The summed E-state index contributed by atoms with van der Waals surface area (Å²) in [6, 6.07) is 37.5. The van der Waals surface area contributed by atoms with Crippen molar-refractivity contribution in [1.82, 2.24) is 4.98 Å². The van der Waals surface area contributed by atoms with Crippen molar-refractivity contribution in [2.45, 2.75) is 5.78 Å². The number of fused-ring (bicyclic) bond motifs is 1. The van der Waals surface area contributed by atoms with Gasteiger partial charge < -0.3 is 14.4 Å². The number of nitrogens with one attached hydrogen (secondary N) is 1. The summed E-state index contributed by atoms with van der Waals surface area (Å²) in [5.41, 5.74) is 2.42. The van der Waals surface area contributed by atoms with Crippen molar-refractivity contribution in [1.29, 1.82) is 0 Å². The van der Waals surface area contributed by atoms with Gasteiger partial charge in [-0.2, -0.15) is 0 Å². The minimum Gasteiger partial charge on any atom is -0.414 e. The van der Waals surface area contributed by atoms with Crippen molar-refractivity contribution >= 4 is 24.2 Å². The van der Waals surface area contributed by atoms with Crippen LogP contribution in [-0.2, 0) is 4.57 Å². The summed E-state index contributed by atoms with van der Waals surface area (Å²) in [6.07, 6.45) is 1.75. The van der Waals surface area contributed by atoms with Gasteiger partial charge in [0.15, 0.2) is 5.78 Å². The van der Waals surface area contributed by atoms with Crippen LogP contribution in [0.2, 0.25) is 0 Å². The molecule has 1 heterocycles. The molecule has 0 fully saturated rings. The largest absolute Gasteiger partial charge is 0.457 e. The van der Waals surface area contributed by atoms with Gasteiger partial charge >= 0.3 is 7.60 Å². The van der Waals surface area contributed by atoms with Gasteiger partial charge in [-0.05, 0) is 60.2 Å². The molecule has 0 bridgehead atoms. The molecule has 0 amide bonds. The summed E-state index contributed by atoms with van der Waals surface area (Å²) in [7, 11) is -3.87. The van der Waals surface area contributed by atoms with E-state index in [1.165, 1.54) is 0 Å². The lowest BCUT2D eigenvalue weighted by molar-refractivity contribution is 0.376. The molecule has 4 aromatic carbocycles. The van der Waals surface area contributed by atoms with Gasteiger partial charge in [-0.25, -0.2) is 4.57 Å². The highest BCUT2D eigenvalue weighted by Gasteiger charge is 2.41. The van der Waals surface area contributed by atoms with Crippen LogP contribution in [0.3, 0.4) is 0 Å². The number of aromatic nitrogens is 1. The molecular formula is C28H23N2O3P. The first-order chi connectivity index (χ1) is 16.7. The van der Waals surface area contributed by atoms with Crippen molar-refractivity contribution in [2.24, 2.45) is 0 Å². The lowest BCUT2D eigenvalue weighted by Crippen LogP contribution is -2.18. The molecule has 168 valence electrons. The molecule has 0 saturated carbocycles. The Morgan fingerprint density at radius 3 is 1.88 bits per heavy atom. The lowest BCUT2D eigenvalue weighted by atomic mass is 10.1. The highest BCUT2D eigenvalue weighted by molar-refractivity contribution is 7.55. The molecule has 0 saturated heterocycles. The van der Waals surface area contributed by atoms with Gasteiger partial charge in [0.2, 0.25) is 0 Å². The lowest BCUT2D eigenvalue weighted by Gasteiger charge is -2.29. The summed E-state index contributed by atoms with van der Waals surface area (Å²) in [6.45, 7) is 0. The number of benzene rings is 4. The van der Waals surface area contributed by atoms with E-state index in [-0.39, 0.29) is 0 Å². The van der Waals surface area contributed by atoms with Crippen LogP contribution in [0.25, 0.3) is 10.9 Å². The monoisotopic (exact) mass is 466 g/mol. The van der Waals surface area contributed by atoms with E-state index in [9.17, 15) is 4.57 Å². The molecule has 0 aliphatic heterocycles. The molecule has 0 radical (unpaired) electrons. The molecule has 0 spiro atoms. The maximum Gasteiger partial charge on any atom is 0.457 e. The number of para-hydroxylation sites is 3. The SMILES string of the molecule is O=P(Oc1ccccc1)(Oc1ccccc1)C(Nc1ccccc1)c1ccc2ncccc2c1. The zero-order chi connectivity index (χ0) is 23.2. The van der Waals surface area contributed by atoms with Crippen LogP contribution in [0.5, 0.6) is 11.5 Å². The first-order valence-electron chi connectivity index (χ1n) is 10.9. The Kier molecular flexibility index (Phi) is 6.28. The Balaban J connectivity index is 1.63. The zero-order valence-electron chi connectivity index (χ0n) is 18.3. The maximum atomic E-state index is 14.7. The molecule has 1 unspecified atom stereocenters. The van der Waals surface area contributed by atoms with E-state index in [1.807, 2.05) is 97.1 Å². The Hall–Kier alpha value is -4.08. The van der Waals surface area contributed by atoms with Gasteiger partial charge in [0, 0.05) is 17.3 Å². The summed E-state index contributed by atoms with van der Waals surface area (Å²) in [5, 5.41) is 4.34. The number of pyridine rings is 1. The first-order valence-corrected chi connectivity index (χ1v) is 12.6. The van der Waals surface area contributed by atoms with E-state index in [4.69, 9.17) is 9.05 Å². The Morgan fingerprint density at radius 2 is 1.26 bits per heavy atom. The van der Waals surface area contributed by atoms with Crippen LogP contribution in [0.4, 0.5) is 5.69 Å². The van der Waals surface area contributed by atoms with Crippen molar-refractivity contribution in [3.05, 3.63) is 133 Å². The van der Waals surface area contributed by atoms with E-state index in [1.54, 1.807) is 30.5 Å². The summed E-state index contributed by atoms with van der Waals surface area (Å²) in [4.78, 5) is 4.41. The standard InChI is InChI=1S/C28H23N2O3P/c31-34(32-25-14-6-2-7-15-25,33-26-16-8-3-9-17-26)28(30-24-12-4-1-5-13-24)23-18-19-27-22(21-23)11-10-20-29-27/h1-21,28,30H. The molecule has 1 atom stereocenters. The Bertz CT molecular complexity index is 1370. The van der Waals surface area contributed by atoms with E-state index in [0.29, 0.717) is 11.5 Å². The number of hydrogen-bond acceptors (Lipinski definition) is 5. The smallest absolute Gasteiger partial charge is 0.414 e. The van der Waals surface area contributed by atoms with Gasteiger partial charge in [0.05, 0.1) is 5.52 Å². The van der Waals surface area contributed by atoms with Crippen molar-refractivity contribution < 1.29 is 13.6 Å². The second-order valence-corrected chi connectivity index (χ2v) is 9.68. The molecule has 34 heavy (non-hydrogen) atoms. The molecule has 5 rings (SSSR count). The van der Waals surface area contributed by atoms with Gasteiger partial charge in [-0.15, -0.1) is 0 Å². The van der Waals surface area contributed by atoms with Crippen LogP contribution in [0, 0.1) is 0 Å². The molecule has 1 aromatic heterocycles. The first kappa shape index (κ1) is 21.7. The number of hydrogen-bond donors (Lipinski definition) is 1. The van der Waals surface area contributed by atoms with Crippen molar-refractivity contribution in [2.75, 3.05) is 5.32 Å². The van der Waals surface area contributed by atoms with Crippen LogP contribution < -0.4 is 14.4 Å². The molecule has 5 nitrogen and oxygen atoms in total. The second kappa shape index (κ2) is 9.82. The highest BCUT2D eigenvalue weighted by Crippen LogP contribution is 2.60. The fourth-order valence-corrected chi connectivity index (χ4v) is 5.59. The molecule has 6 heteroatoms.